The Morgan fingerprint density at radius 1 is 1.13 bits per heavy atom. The van der Waals surface area contributed by atoms with Crippen molar-refractivity contribution in [1.82, 2.24) is 0 Å². The SMILES string of the molecule is CCCOc1ccc(SCCCOC(=O)C2=C(C)N=C(C)C(C(=O)OC)C2C)cc1. The molecule has 0 spiro atoms. The van der Waals surface area contributed by atoms with Crippen molar-refractivity contribution >= 4 is 29.4 Å². The van der Waals surface area contributed by atoms with E-state index in [-0.39, 0.29) is 11.9 Å². The fourth-order valence-corrected chi connectivity index (χ4v) is 4.26. The maximum Gasteiger partial charge on any atom is 0.336 e. The minimum absolute atomic E-state index is 0.318. The van der Waals surface area contributed by atoms with Crippen LogP contribution in [0.3, 0.4) is 0 Å². The molecule has 6 nitrogen and oxygen atoms in total. The zero-order valence-electron chi connectivity index (χ0n) is 18.4. The molecule has 0 radical (unpaired) electrons. The minimum Gasteiger partial charge on any atom is -0.494 e. The maximum atomic E-state index is 12.6. The molecule has 1 aromatic rings. The maximum absolute atomic E-state index is 12.6. The van der Waals surface area contributed by atoms with Crippen molar-refractivity contribution in [3.63, 3.8) is 0 Å². The molecule has 1 aliphatic rings. The number of carbonyl (C=O) groups excluding carboxylic acids is 2. The Morgan fingerprint density at radius 2 is 1.83 bits per heavy atom. The van der Waals surface area contributed by atoms with Crippen LogP contribution in [-0.4, -0.2) is 43.7 Å². The number of esters is 2. The molecule has 0 fully saturated rings. The molecule has 0 saturated carbocycles. The van der Waals surface area contributed by atoms with Gasteiger partial charge >= 0.3 is 11.9 Å². The molecule has 0 aromatic heterocycles. The van der Waals surface area contributed by atoms with Gasteiger partial charge in [0.2, 0.25) is 0 Å². The van der Waals surface area contributed by atoms with Crippen molar-refractivity contribution < 1.29 is 23.8 Å². The summed E-state index contributed by atoms with van der Waals surface area (Å²) >= 11 is 1.71. The van der Waals surface area contributed by atoms with Crippen LogP contribution in [-0.2, 0) is 19.1 Å². The molecule has 2 atom stereocenters. The second-order valence-electron chi connectivity index (χ2n) is 7.20. The summed E-state index contributed by atoms with van der Waals surface area (Å²) in [6, 6.07) is 8.01. The number of carbonyl (C=O) groups is 2. The zero-order valence-corrected chi connectivity index (χ0v) is 19.2. The Hall–Kier alpha value is -2.28. The van der Waals surface area contributed by atoms with E-state index in [0.29, 0.717) is 23.6 Å². The largest absolute Gasteiger partial charge is 0.494 e. The molecule has 1 heterocycles. The summed E-state index contributed by atoms with van der Waals surface area (Å²) < 4.78 is 15.9. The van der Waals surface area contributed by atoms with E-state index < -0.39 is 11.9 Å². The molecular formula is C23H31NO5S. The van der Waals surface area contributed by atoms with Crippen molar-refractivity contribution in [3.05, 3.63) is 35.5 Å². The van der Waals surface area contributed by atoms with Crippen LogP contribution >= 0.6 is 11.8 Å². The predicted octanol–water partition coefficient (Wildman–Crippen LogP) is 4.67. The van der Waals surface area contributed by atoms with Gasteiger partial charge in [-0.15, -0.1) is 11.8 Å². The summed E-state index contributed by atoms with van der Waals surface area (Å²) in [5.41, 5.74) is 1.71. The van der Waals surface area contributed by atoms with Crippen LogP contribution in [0.15, 0.2) is 45.4 Å². The molecule has 0 N–H and O–H groups in total. The molecular weight excluding hydrogens is 402 g/mol. The molecule has 2 rings (SSSR count). The van der Waals surface area contributed by atoms with E-state index in [2.05, 4.69) is 11.9 Å². The van der Waals surface area contributed by atoms with E-state index in [9.17, 15) is 9.59 Å². The van der Waals surface area contributed by atoms with Gasteiger partial charge in [0, 0.05) is 28.0 Å². The van der Waals surface area contributed by atoms with E-state index in [4.69, 9.17) is 14.2 Å². The van der Waals surface area contributed by atoms with Gasteiger partial charge in [0.05, 0.1) is 25.9 Å². The molecule has 2 unspecified atom stereocenters. The van der Waals surface area contributed by atoms with Gasteiger partial charge in [-0.1, -0.05) is 13.8 Å². The highest BCUT2D eigenvalue weighted by atomic mass is 32.2. The molecule has 1 aromatic carbocycles. The van der Waals surface area contributed by atoms with Crippen LogP contribution in [0.2, 0.25) is 0 Å². The number of allylic oxidation sites excluding steroid dienone is 1. The number of methoxy groups -OCH3 is 1. The van der Waals surface area contributed by atoms with Crippen molar-refractivity contribution in [3.8, 4) is 5.75 Å². The first-order valence-corrected chi connectivity index (χ1v) is 11.2. The van der Waals surface area contributed by atoms with Crippen LogP contribution in [0.1, 0.15) is 40.5 Å². The molecule has 1 aliphatic heterocycles. The standard InChI is InChI=1S/C23H31NO5S/c1-6-12-28-18-8-10-19(11-9-18)30-14-7-13-29-23(26)21-15(2)20(22(25)27-5)16(3)24-17(21)4/h8-11,15,20H,6-7,12-14H2,1-5H3. The fraction of sp³-hybridized carbons (Fsp3) is 0.522. The number of rotatable bonds is 10. The summed E-state index contributed by atoms with van der Waals surface area (Å²) in [6.45, 7) is 8.51. The number of aliphatic imine (C=N–C) groups is 1. The second kappa shape index (κ2) is 11.8. The topological polar surface area (TPSA) is 74.2 Å². The van der Waals surface area contributed by atoms with Crippen molar-refractivity contribution in [2.45, 2.75) is 45.4 Å². The lowest BCUT2D eigenvalue weighted by Crippen LogP contribution is -2.36. The predicted molar refractivity (Wildman–Crippen MR) is 119 cm³/mol. The Labute approximate surface area is 183 Å². The normalized spacial score (nSPS) is 18.6. The fourth-order valence-electron chi connectivity index (χ4n) is 3.43. The monoisotopic (exact) mass is 433 g/mol. The summed E-state index contributed by atoms with van der Waals surface area (Å²) in [6.07, 6.45) is 1.72. The zero-order chi connectivity index (χ0) is 22.1. The minimum atomic E-state index is -0.555. The Bertz CT molecular complexity index is 800. The average molecular weight is 434 g/mol. The third-order valence-corrected chi connectivity index (χ3v) is 6.00. The number of hydrogen-bond acceptors (Lipinski definition) is 7. The highest BCUT2D eigenvalue weighted by molar-refractivity contribution is 7.99. The number of ether oxygens (including phenoxy) is 3. The molecule has 0 bridgehead atoms. The number of benzene rings is 1. The van der Waals surface area contributed by atoms with Gasteiger partial charge in [0.25, 0.3) is 0 Å². The quantitative estimate of drug-likeness (QED) is 0.303. The van der Waals surface area contributed by atoms with Crippen LogP contribution in [0.5, 0.6) is 5.75 Å². The van der Waals surface area contributed by atoms with Crippen molar-refractivity contribution in [1.29, 1.82) is 0 Å². The highest BCUT2D eigenvalue weighted by Crippen LogP contribution is 2.32. The summed E-state index contributed by atoms with van der Waals surface area (Å²) in [4.78, 5) is 30.2. The van der Waals surface area contributed by atoms with Crippen LogP contribution < -0.4 is 4.74 Å². The Morgan fingerprint density at radius 3 is 2.47 bits per heavy atom. The van der Waals surface area contributed by atoms with Crippen LogP contribution in [0.25, 0.3) is 0 Å². The number of thioether (sulfide) groups is 1. The first kappa shape index (κ1) is 24.0. The Kier molecular flexibility index (Phi) is 9.43. The van der Waals surface area contributed by atoms with E-state index >= 15 is 0 Å². The van der Waals surface area contributed by atoms with E-state index in [0.717, 1.165) is 35.8 Å². The lowest BCUT2D eigenvalue weighted by Gasteiger charge is -2.28. The number of hydrogen-bond donors (Lipinski definition) is 0. The molecule has 30 heavy (non-hydrogen) atoms. The smallest absolute Gasteiger partial charge is 0.336 e. The van der Waals surface area contributed by atoms with Gasteiger partial charge in [-0.3, -0.25) is 9.79 Å². The van der Waals surface area contributed by atoms with Crippen molar-refractivity contribution in [2.24, 2.45) is 16.8 Å². The first-order valence-electron chi connectivity index (χ1n) is 10.3. The second-order valence-corrected chi connectivity index (χ2v) is 8.37. The van der Waals surface area contributed by atoms with Gasteiger partial charge in [-0.05, 0) is 51.0 Å². The highest BCUT2D eigenvalue weighted by Gasteiger charge is 2.38. The molecule has 0 aliphatic carbocycles. The van der Waals surface area contributed by atoms with E-state index in [1.807, 2.05) is 31.2 Å². The lowest BCUT2D eigenvalue weighted by molar-refractivity contribution is -0.144. The molecule has 0 saturated heterocycles. The van der Waals surface area contributed by atoms with Gasteiger partial charge in [-0.2, -0.15) is 0 Å². The molecule has 164 valence electrons. The third-order valence-electron chi connectivity index (χ3n) is 4.90. The average Bonchev–Trinajstić information content (AvgIpc) is 2.72. The van der Waals surface area contributed by atoms with Crippen LogP contribution in [0, 0.1) is 11.8 Å². The van der Waals surface area contributed by atoms with Gasteiger partial charge < -0.3 is 14.2 Å². The third kappa shape index (κ3) is 6.36. The first-order chi connectivity index (χ1) is 14.4. The van der Waals surface area contributed by atoms with Gasteiger partial charge in [-0.25, -0.2) is 4.79 Å². The lowest BCUT2D eigenvalue weighted by atomic mass is 9.81. The van der Waals surface area contributed by atoms with Gasteiger partial charge in [0.1, 0.15) is 11.7 Å². The number of nitrogens with zero attached hydrogens (tertiary/aromatic N) is 1. The van der Waals surface area contributed by atoms with Crippen LogP contribution in [0.4, 0.5) is 0 Å². The van der Waals surface area contributed by atoms with Gasteiger partial charge in [0.15, 0.2) is 0 Å². The summed E-state index contributed by atoms with van der Waals surface area (Å²) in [7, 11) is 1.34. The van der Waals surface area contributed by atoms with E-state index in [1.165, 1.54) is 7.11 Å². The van der Waals surface area contributed by atoms with E-state index in [1.54, 1.807) is 25.6 Å². The summed E-state index contributed by atoms with van der Waals surface area (Å²) in [5.74, 6) is 0.0319. The summed E-state index contributed by atoms with van der Waals surface area (Å²) in [5, 5.41) is 0. The Balaban J connectivity index is 1.81. The van der Waals surface area contributed by atoms with Crippen molar-refractivity contribution in [2.75, 3.05) is 26.1 Å². The molecule has 0 amide bonds. The molecule has 7 heteroatoms.